The van der Waals surface area contributed by atoms with Crippen molar-refractivity contribution in [3.05, 3.63) is 17.3 Å². The molecule has 0 fully saturated rings. The van der Waals surface area contributed by atoms with Crippen LogP contribution in [0.1, 0.15) is 42.9 Å². The van der Waals surface area contributed by atoms with Crippen LogP contribution in [0, 0.1) is 12.3 Å². The van der Waals surface area contributed by atoms with Gasteiger partial charge in [-0.05, 0) is 12.3 Å². The maximum Gasteiger partial charge on any atom is 0.270 e. The number of carbonyl (C=O) groups excluding carboxylic acids is 1. The van der Waals surface area contributed by atoms with E-state index in [-0.39, 0.29) is 11.1 Å². The molecule has 14 heavy (non-hydrogen) atoms. The van der Waals surface area contributed by atoms with Crippen molar-refractivity contribution in [1.29, 1.82) is 0 Å². The molecule has 2 N–H and O–H groups in total. The van der Waals surface area contributed by atoms with Crippen LogP contribution in [0.3, 0.4) is 0 Å². The van der Waals surface area contributed by atoms with Gasteiger partial charge in [0.1, 0.15) is 5.76 Å². The number of primary amides is 1. The third kappa shape index (κ3) is 2.58. The van der Waals surface area contributed by atoms with E-state index >= 15 is 0 Å². The molecule has 1 aromatic rings. The fourth-order valence-electron chi connectivity index (χ4n) is 1.21. The van der Waals surface area contributed by atoms with Gasteiger partial charge in [0.15, 0.2) is 11.6 Å². The van der Waals surface area contributed by atoms with E-state index in [0.29, 0.717) is 18.1 Å². The molecule has 78 valence electrons. The van der Waals surface area contributed by atoms with Crippen molar-refractivity contribution < 1.29 is 9.21 Å². The molecule has 4 heteroatoms. The van der Waals surface area contributed by atoms with E-state index < -0.39 is 5.91 Å². The van der Waals surface area contributed by atoms with Gasteiger partial charge in [0, 0.05) is 6.42 Å². The number of oxazole rings is 1. The number of hydrogen-bond donors (Lipinski definition) is 1. The molecule has 0 bridgehead atoms. The second-order valence-electron chi connectivity index (χ2n) is 4.61. The normalized spacial score (nSPS) is 11.7. The van der Waals surface area contributed by atoms with Crippen molar-refractivity contribution in [2.24, 2.45) is 11.1 Å². The van der Waals surface area contributed by atoms with E-state index in [4.69, 9.17) is 10.2 Å². The Morgan fingerprint density at radius 1 is 1.50 bits per heavy atom. The average Bonchev–Trinajstić information content (AvgIpc) is 2.26. The Balaban J connectivity index is 2.92. The molecule has 1 aromatic heterocycles. The van der Waals surface area contributed by atoms with Gasteiger partial charge in [0.25, 0.3) is 5.91 Å². The first kappa shape index (κ1) is 10.8. The van der Waals surface area contributed by atoms with Crippen LogP contribution < -0.4 is 5.73 Å². The first-order valence-corrected chi connectivity index (χ1v) is 4.56. The number of carbonyl (C=O) groups is 1. The van der Waals surface area contributed by atoms with Crippen LogP contribution in [0.5, 0.6) is 0 Å². The molecule has 0 spiro atoms. The minimum atomic E-state index is -0.536. The van der Waals surface area contributed by atoms with Gasteiger partial charge in [-0.2, -0.15) is 0 Å². The standard InChI is InChI=1S/C10H16N2O2/c1-6-8(9(11)13)12-7(14-6)5-10(2,3)4/h5H2,1-4H3,(H2,11,13). The number of nitrogens with zero attached hydrogens (tertiary/aromatic N) is 1. The second kappa shape index (κ2) is 3.44. The summed E-state index contributed by atoms with van der Waals surface area (Å²) in [7, 11) is 0. The Morgan fingerprint density at radius 2 is 2.07 bits per heavy atom. The fraction of sp³-hybridized carbons (Fsp3) is 0.600. The zero-order valence-electron chi connectivity index (χ0n) is 9.05. The highest BCUT2D eigenvalue weighted by Crippen LogP contribution is 2.21. The lowest BCUT2D eigenvalue weighted by atomic mass is 9.92. The summed E-state index contributed by atoms with van der Waals surface area (Å²) in [4.78, 5) is 15.0. The Kier molecular flexibility index (Phi) is 2.64. The monoisotopic (exact) mass is 196 g/mol. The van der Waals surface area contributed by atoms with Crippen molar-refractivity contribution in [2.45, 2.75) is 34.1 Å². The van der Waals surface area contributed by atoms with Crippen LogP contribution in [-0.4, -0.2) is 10.9 Å². The van der Waals surface area contributed by atoms with Gasteiger partial charge >= 0.3 is 0 Å². The molecular weight excluding hydrogens is 180 g/mol. The van der Waals surface area contributed by atoms with Gasteiger partial charge in [-0.3, -0.25) is 4.79 Å². The van der Waals surface area contributed by atoms with Crippen LogP contribution in [0.15, 0.2) is 4.42 Å². The van der Waals surface area contributed by atoms with E-state index in [1.165, 1.54) is 0 Å². The third-order valence-corrected chi connectivity index (χ3v) is 1.76. The molecule has 0 aliphatic rings. The molecule has 1 heterocycles. The van der Waals surface area contributed by atoms with Crippen LogP contribution in [0.2, 0.25) is 0 Å². The average molecular weight is 196 g/mol. The van der Waals surface area contributed by atoms with Crippen LogP contribution in [-0.2, 0) is 6.42 Å². The maximum atomic E-state index is 10.9. The third-order valence-electron chi connectivity index (χ3n) is 1.76. The first-order chi connectivity index (χ1) is 6.29. The zero-order valence-corrected chi connectivity index (χ0v) is 9.05. The van der Waals surface area contributed by atoms with Crippen molar-refractivity contribution in [1.82, 2.24) is 4.98 Å². The summed E-state index contributed by atoms with van der Waals surface area (Å²) >= 11 is 0. The summed E-state index contributed by atoms with van der Waals surface area (Å²) in [6.07, 6.45) is 0.696. The van der Waals surface area contributed by atoms with E-state index in [0.717, 1.165) is 0 Å². The minimum Gasteiger partial charge on any atom is -0.445 e. The maximum absolute atomic E-state index is 10.9. The van der Waals surface area contributed by atoms with E-state index in [9.17, 15) is 4.79 Å². The van der Waals surface area contributed by atoms with Crippen LogP contribution >= 0.6 is 0 Å². The predicted molar refractivity (Wildman–Crippen MR) is 52.9 cm³/mol. The molecule has 0 atom stereocenters. The Morgan fingerprint density at radius 3 is 2.43 bits per heavy atom. The van der Waals surface area contributed by atoms with Gasteiger partial charge in [-0.15, -0.1) is 0 Å². The Hall–Kier alpha value is -1.32. The highest BCUT2D eigenvalue weighted by molar-refractivity contribution is 5.91. The summed E-state index contributed by atoms with van der Waals surface area (Å²) in [6.45, 7) is 7.93. The molecule has 0 radical (unpaired) electrons. The highest BCUT2D eigenvalue weighted by atomic mass is 16.4. The Labute approximate surface area is 83.5 Å². The van der Waals surface area contributed by atoms with Crippen LogP contribution in [0.25, 0.3) is 0 Å². The topological polar surface area (TPSA) is 69.1 Å². The number of aromatic nitrogens is 1. The molecule has 4 nitrogen and oxygen atoms in total. The van der Waals surface area contributed by atoms with Gasteiger partial charge in [-0.25, -0.2) is 4.98 Å². The lowest BCUT2D eigenvalue weighted by molar-refractivity contribution is 0.0994. The lowest BCUT2D eigenvalue weighted by Gasteiger charge is -2.14. The lowest BCUT2D eigenvalue weighted by Crippen LogP contribution is -2.13. The van der Waals surface area contributed by atoms with Gasteiger partial charge < -0.3 is 10.2 Å². The Bertz CT molecular complexity index is 347. The molecule has 1 rings (SSSR count). The fourth-order valence-corrected chi connectivity index (χ4v) is 1.21. The summed E-state index contributed by atoms with van der Waals surface area (Å²) in [5.74, 6) is 0.534. The molecular formula is C10H16N2O2. The van der Waals surface area contributed by atoms with Crippen molar-refractivity contribution in [2.75, 3.05) is 0 Å². The van der Waals surface area contributed by atoms with E-state index in [1.54, 1.807) is 6.92 Å². The number of aryl methyl sites for hydroxylation is 1. The van der Waals surface area contributed by atoms with E-state index in [1.807, 2.05) is 0 Å². The van der Waals surface area contributed by atoms with Crippen molar-refractivity contribution in [3.8, 4) is 0 Å². The second-order valence-corrected chi connectivity index (χ2v) is 4.61. The quantitative estimate of drug-likeness (QED) is 0.782. The van der Waals surface area contributed by atoms with Crippen molar-refractivity contribution >= 4 is 5.91 Å². The zero-order chi connectivity index (χ0) is 10.9. The van der Waals surface area contributed by atoms with Gasteiger partial charge in [0.2, 0.25) is 0 Å². The summed E-state index contributed by atoms with van der Waals surface area (Å²) in [5, 5.41) is 0. The summed E-state index contributed by atoms with van der Waals surface area (Å²) in [5.41, 5.74) is 5.46. The van der Waals surface area contributed by atoms with Crippen LogP contribution in [0.4, 0.5) is 0 Å². The smallest absolute Gasteiger partial charge is 0.270 e. The van der Waals surface area contributed by atoms with Crippen molar-refractivity contribution in [3.63, 3.8) is 0 Å². The molecule has 0 unspecified atom stereocenters. The van der Waals surface area contributed by atoms with E-state index in [2.05, 4.69) is 25.8 Å². The molecule has 0 saturated carbocycles. The molecule has 0 saturated heterocycles. The largest absolute Gasteiger partial charge is 0.445 e. The number of hydrogen-bond acceptors (Lipinski definition) is 3. The summed E-state index contributed by atoms with van der Waals surface area (Å²) < 4.78 is 5.34. The van der Waals surface area contributed by atoms with Gasteiger partial charge in [-0.1, -0.05) is 20.8 Å². The molecule has 0 aliphatic heterocycles. The predicted octanol–water partition coefficient (Wildman–Crippen LogP) is 1.67. The number of amides is 1. The molecule has 0 aliphatic carbocycles. The molecule has 0 aromatic carbocycles. The molecule has 1 amide bonds. The first-order valence-electron chi connectivity index (χ1n) is 4.56. The SMILES string of the molecule is Cc1oc(CC(C)(C)C)nc1C(N)=O. The number of rotatable bonds is 2. The summed E-state index contributed by atoms with van der Waals surface area (Å²) in [6, 6.07) is 0. The minimum absolute atomic E-state index is 0.0895. The highest BCUT2D eigenvalue weighted by Gasteiger charge is 2.19. The van der Waals surface area contributed by atoms with Gasteiger partial charge in [0.05, 0.1) is 0 Å². The number of nitrogens with two attached hydrogens (primary N) is 1.